The predicted molar refractivity (Wildman–Crippen MR) is 144 cm³/mol. The predicted octanol–water partition coefficient (Wildman–Crippen LogP) is 4.46. The van der Waals surface area contributed by atoms with E-state index in [1.165, 1.54) is 35.0 Å². The van der Waals surface area contributed by atoms with Crippen LogP contribution in [0.25, 0.3) is 5.57 Å². The molecule has 0 unspecified atom stereocenters. The van der Waals surface area contributed by atoms with E-state index in [1.54, 1.807) is 31.4 Å². The number of carbonyl (C=O) groups is 2. The number of hydrogen-bond donors (Lipinski definition) is 0. The minimum Gasteiger partial charge on any atom is -0.497 e. The molecule has 2 aliphatic rings. The van der Waals surface area contributed by atoms with E-state index < -0.39 is 16.9 Å². The number of aliphatic imine (C=N–C) groups is 1. The van der Waals surface area contributed by atoms with Crippen LogP contribution in [-0.2, 0) is 20.9 Å². The Morgan fingerprint density at radius 2 is 1.82 bits per heavy atom. The molecule has 1 saturated heterocycles. The Kier molecular flexibility index (Phi) is 7.23. The summed E-state index contributed by atoms with van der Waals surface area (Å²) in [6, 6.07) is 21.9. The van der Waals surface area contributed by atoms with Gasteiger partial charge in [-0.05, 0) is 41.0 Å². The van der Waals surface area contributed by atoms with Crippen molar-refractivity contribution in [1.29, 1.82) is 0 Å². The number of thioether (sulfide) groups is 1. The molecule has 38 heavy (non-hydrogen) atoms. The van der Waals surface area contributed by atoms with Crippen LogP contribution < -0.4 is 4.74 Å². The standard InChI is InChI=1S/C28H23N3O6S/c1-36-22-13-9-19(10-14-22)16-37-28(33)25-23(20-5-3-2-4-6-20)17-38-27-24(26(32)30(25)27)29-15-18-7-11-21(12-8-18)31(34)35/h2-15,24,27H,16-17H2,1H3/b29-15+/t24-,27+/m0/s1. The van der Waals surface area contributed by atoms with Crippen molar-refractivity contribution in [2.24, 2.45) is 4.99 Å². The van der Waals surface area contributed by atoms with E-state index in [1.807, 2.05) is 42.5 Å². The van der Waals surface area contributed by atoms with Crippen LogP contribution in [0.3, 0.4) is 0 Å². The number of esters is 1. The fraction of sp³-hybridized carbons (Fsp3) is 0.179. The average molecular weight is 530 g/mol. The molecule has 192 valence electrons. The summed E-state index contributed by atoms with van der Waals surface area (Å²) in [5.41, 5.74) is 3.23. The number of non-ortho nitro benzene ring substituents is 1. The number of hydrogen-bond acceptors (Lipinski definition) is 8. The summed E-state index contributed by atoms with van der Waals surface area (Å²) in [5, 5.41) is 10.5. The Balaban J connectivity index is 1.37. The van der Waals surface area contributed by atoms with E-state index in [-0.39, 0.29) is 29.3 Å². The van der Waals surface area contributed by atoms with Gasteiger partial charge >= 0.3 is 5.97 Å². The largest absolute Gasteiger partial charge is 0.497 e. The monoisotopic (exact) mass is 529 g/mol. The van der Waals surface area contributed by atoms with Gasteiger partial charge in [0.2, 0.25) is 0 Å². The molecule has 2 atom stereocenters. The third-order valence-corrected chi connectivity index (χ3v) is 7.54. The lowest BCUT2D eigenvalue weighted by atomic mass is 9.99. The average Bonchev–Trinajstić information content (AvgIpc) is 2.96. The van der Waals surface area contributed by atoms with Crippen molar-refractivity contribution in [1.82, 2.24) is 4.90 Å². The SMILES string of the molecule is COc1ccc(COC(=O)C2=C(c3ccccc3)CS[C@@H]3[C@@H](/N=C/c4ccc([N+](=O)[O-])cc4)C(=O)N23)cc1. The van der Waals surface area contributed by atoms with Gasteiger partial charge in [0.25, 0.3) is 11.6 Å². The van der Waals surface area contributed by atoms with Gasteiger partial charge in [0.05, 0.1) is 12.0 Å². The van der Waals surface area contributed by atoms with E-state index in [0.29, 0.717) is 17.1 Å². The number of rotatable bonds is 8. The lowest BCUT2D eigenvalue weighted by Gasteiger charge is -2.48. The van der Waals surface area contributed by atoms with Crippen LogP contribution >= 0.6 is 11.8 Å². The van der Waals surface area contributed by atoms with E-state index in [9.17, 15) is 19.7 Å². The van der Waals surface area contributed by atoms with E-state index in [0.717, 1.165) is 16.7 Å². The summed E-state index contributed by atoms with van der Waals surface area (Å²) in [6.07, 6.45) is 1.53. The summed E-state index contributed by atoms with van der Waals surface area (Å²) in [6.45, 7) is 0.0516. The minimum atomic E-state index is -0.670. The maximum absolute atomic E-state index is 13.4. The van der Waals surface area contributed by atoms with Gasteiger partial charge in [-0.25, -0.2) is 4.79 Å². The van der Waals surface area contributed by atoms with Gasteiger partial charge in [0, 0.05) is 29.7 Å². The van der Waals surface area contributed by atoms with Crippen LogP contribution in [0.5, 0.6) is 5.75 Å². The molecule has 0 aromatic heterocycles. The second-order valence-electron chi connectivity index (χ2n) is 8.60. The number of carbonyl (C=O) groups excluding carboxylic acids is 2. The third-order valence-electron chi connectivity index (χ3n) is 6.27. The highest BCUT2D eigenvalue weighted by Gasteiger charge is 2.54. The van der Waals surface area contributed by atoms with Crippen LogP contribution in [0.15, 0.2) is 89.6 Å². The number of nitrogens with zero attached hydrogens (tertiary/aromatic N) is 3. The summed E-state index contributed by atoms with van der Waals surface area (Å²) in [5.74, 6) is 0.337. The maximum Gasteiger partial charge on any atom is 0.355 e. The molecule has 5 rings (SSSR count). The van der Waals surface area contributed by atoms with Gasteiger partial charge in [-0.2, -0.15) is 0 Å². The van der Waals surface area contributed by atoms with Crippen molar-refractivity contribution in [3.63, 3.8) is 0 Å². The lowest BCUT2D eigenvalue weighted by Crippen LogP contribution is -2.64. The van der Waals surface area contributed by atoms with Gasteiger partial charge in [0.1, 0.15) is 23.4 Å². The van der Waals surface area contributed by atoms with E-state index in [2.05, 4.69) is 4.99 Å². The molecular formula is C28H23N3O6S. The summed E-state index contributed by atoms with van der Waals surface area (Å²) >= 11 is 1.53. The first-order valence-electron chi connectivity index (χ1n) is 11.8. The Morgan fingerprint density at radius 3 is 2.47 bits per heavy atom. The van der Waals surface area contributed by atoms with Crippen molar-refractivity contribution in [3.05, 3.63) is 111 Å². The Hall–Kier alpha value is -4.44. The molecule has 0 spiro atoms. The number of methoxy groups -OCH3 is 1. The summed E-state index contributed by atoms with van der Waals surface area (Å²) in [4.78, 5) is 43.0. The lowest BCUT2D eigenvalue weighted by molar-refractivity contribution is -0.384. The smallest absolute Gasteiger partial charge is 0.355 e. The molecule has 3 aromatic rings. The Morgan fingerprint density at radius 1 is 1.11 bits per heavy atom. The zero-order valence-corrected chi connectivity index (χ0v) is 21.2. The van der Waals surface area contributed by atoms with Crippen LogP contribution in [0, 0.1) is 10.1 Å². The van der Waals surface area contributed by atoms with E-state index >= 15 is 0 Å². The zero-order valence-electron chi connectivity index (χ0n) is 20.4. The molecule has 1 fully saturated rings. The third kappa shape index (κ3) is 5.03. The fourth-order valence-corrected chi connectivity index (χ4v) is 5.61. The summed E-state index contributed by atoms with van der Waals surface area (Å²) in [7, 11) is 1.58. The molecule has 0 bridgehead atoms. The quantitative estimate of drug-likeness (QED) is 0.139. The number of nitro benzene ring substituents is 1. The van der Waals surface area contributed by atoms with Crippen LogP contribution in [0.2, 0.25) is 0 Å². The number of ether oxygens (including phenoxy) is 2. The minimum absolute atomic E-state index is 0.0211. The molecule has 0 saturated carbocycles. The number of amides is 1. The first kappa shape index (κ1) is 25.2. The second kappa shape index (κ2) is 10.9. The zero-order chi connectivity index (χ0) is 26.6. The topological polar surface area (TPSA) is 111 Å². The fourth-order valence-electron chi connectivity index (χ4n) is 4.24. The molecular weight excluding hydrogens is 506 g/mol. The molecule has 10 heteroatoms. The number of nitro groups is 1. The van der Waals surface area contributed by atoms with Gasteiger partial charge in [-0.15, -0.1) is 11.8 Å². The molecule has 9 nitrogen and oxygen atoms in total. The highest BCUT2D eigenvalue weighted by atomic mass is 32.2. The van der Waals surface area contributed by atoms with Crippen molar-refractivity contribution in [2.45, 2.75) is 18.0 Å². The Bertz CT molecular complexity index is 1420. The molecule has 2 heterocycles. The van der Waals surface area contributed by atoms with E-state index in [4.69, 9.17) is 9.47 Å². The normalized spacial score (nSPS) is 18.7. The molecule has 1 amide bonds. The van der Waals surface area contributed by atoms with Crippen molar-refractivity contribution in [3.8, 4) is 5.75 Å². The van der Waals surface area contributed by atoms with Gasteiger partial charge in [0.15, 0.2) is 6.04 Å². The highest BCUT2D eigenvalue weighted by molar-refractivity contribution is 8.00. The summed E-state index contributed by atoms with van der Waals surface area (Å²) < 4.78 is 10.8. The molecule has 0 N–H and O–H groups in total. The molecule has 3 aromatic carbocycles. The first-order chi connectivity index (χ1) is 18.5. The van der Waals surface area contributed by atoms with Gasteiger partial charge < -0.3 is 9.47 Å². The van der Waals surface area contributed by atoms with Crippen LogP contribution in [0.4, 0.5) is 5.69 Å². The van der Waals surface area contributed by atoms with Gasteiger partial charge in [-0.1, -0.05) is 42.5 Å². The first-order valence-corrected chi connectivity index (χ1v) is 12.8. The highest BCUT2D eigenvalue weighted by Crippen LogP contribution is 2.44. The van der Waals surface area contributed by atoms with Crippen molar-refractivity contribution >= 4 is 41.1 Å². The molecule has 0 radical (unpaired) electrons. The number of benzene rings is 3. The molecule has 0 aliphatic carbocycles. The van der Waals surface area contributed by atoms with Crippen LogP contribution in [-0.4, -0.2) is 52.2 Å². The van der Waals surface area contributed by atoms with Crippen molar-refractivity contribution < 1.29 is 24.0 Å². The van der Waals surface area contributed by atoms with Crippen LogP contribution in [0.1, 0.15) is 16.7 Å². The Labute approximate surface area is 222 Å². The molecule has 2 aliphatic heterocycles. The van der Waals surface area contributed by atoms with Crippen molar-refractivity contribution in [2.75, 3.05) is 12.9 Å². The second-order valence-corrected chi connectivity index (χ2v) is 9.70. The maximum atomic E-state index is 13.4. The number of fused-ring (bicyclic) bond motifs is 1. The number of β-lactam (4-membered cyclic amide) rings is 1. The van der Waals surface area contributed by atoms with Gasteiger partial charge in [-0.3, -0.25) is 24.8 Å².